The Morgan fingerprint density at radius 2 is 2.11 bits per heavy atom. The molecule has 0 fully saturated rings. The van der Waals surface area contributed by atoms with E-state index in [4.69, 9.17) is 10.5 Å². The van der Waals surface area contributed by atoms with Crippen LogP contribution < -0.4 is 10.5 Å². The van der Waals surface area contributed by atoms with Gasteiger partial charge in [-0.3, -0.25) is 0 Å². The second-order valence-corrected chi connectivity index (χ2v) is 3.87. The second-order valence-electron chi connectivity index (χ2n) is 3.87. The standard InChI is InChI=1S/C12H11N5O/c1-7-3-2-4-8(9(7)13)18-12-10-11(15-5-14-10)16-6-17-12/h2-6H,13H2,1H3,(H,14,15,16,17). The van der Waals surface area contributed by atoms with Crippen LogP contribution in [0.3, 0.4) is 0 Å². The summed E-state index contributed by atoms with van der Waals surface area (Å²) in [6.07, 6.45) is 2.95. The van der Waals surface area contributed by atoms with Crippen molar-refractivity contribution in [1.29, 1.82) is 0 Å². The van der Waals surface area contributed by atoms with Crippen LogP contribution >= 0.6 is 0 Å². The maximum absolute atomic E-state index is 5.96. The van der Waals surface area contributed by atoms with Gasteiger partial charge >= 0.3 is 0 Å². The number of hydrogen-bond donors (Lipinski definition) is 2. The van der Waals surface area contributed by atoms with E-state index in [1.807, 2.05) is 19.1 Å². The molecule has 0 saturated carbocycles. The van der Waals surface area contributed by atoms with E-state index in [0.29, 0.717) is 28.5 Å². The lowest BCUT2D eigenvalue weighted by Crippen LogP contribution is -1.96. The van der Waals surface area contributed by atoms with E-state index < -0.39 is 0 Å². The fraction of sp³-hybridized carbons (Fsp3) is 0.0833. The highest BCUT2D eigenvalue weighted by molar-refractivity contribution is 5.75. The summed E-state index contributed by atoms with van der Waals surface area (Å²) in [6, 6.07) is 5.60. The van der Waals surface area contributed by atoms with Crippen molar-refractivity contribution in [1.82, 2.24) is 19.9 Å². The molecule has 0 amide bonds. The number of H-pyrrole nitrogens is 1. The van der Waals surface area contributed by atoms with E-state index in [2.05, 4.69) is 19.9 Å². The summed E-state index contributed by atoms with van der Waals surface area (Å²) in [7, 11) is 0. The SMILES string of the molecule is Cc1cccc(Oc2ncnc3nc[nH]c23)c1N. The number of para-hydroxylation sites is 1. The minimum absolute atomic E-state index is 0.412. The number of nitrogens with two attached hydrogens (primary N) is 1. The molecule has 0 aliphatic rings. The van der Waals surface area contributed by atoms with Crippen LogP contribution in [0, 0.1) is 6.92 Å². The molecule has 1 aromatic carbocycles. The first-order valence-corrected chi connectivity index (χ1v) is 5.43. The fourth-order valence-corrected chi connectivity index (χ4v) is 1.67. The molecule has 18 heavy (non-hydrogen) atoms. The Labute approximate surface area is 103 Å². The third-order valence-electron chi connectivity index (χ3n) is 2.68. The van der Waals surface area contributed by atoms with Gasteiger partial charge < -0.3 is 15.5 Å². The van der Waals surface area contributed by atoms with Gasteiger partial charge in [0.25, 0.3) is 0 Å². The zero-order chi connectivity index (χ0) is 12.5. The van der Waals surface area contributed by atoms with Crippen LogP contribution in [-0.2, 0) is 0 Å². The van der Waals surface area contributed by atoms with Gasteiger partial charge in [-0.05, 0) is 18.6 Å². The summed E-state index contributed by atoms with van der Waals surface area (Å²) in [5, 5.41) is 0. The Hall–Kier alpha value is -2.63. The van der Waals surface area contributed by atoms with E-state index in [9.17, 15) is 0 Å². The largest absolute Gasteiger partial charge is 0.435 e. The smallest absolute Gasteiger partial charge is 0.248 e. The summed E-state index contributed by atoms with van der Waals surface area (Å²) in [5.41, 5.74) is 8.73. The molecule has 90 valence electrons. The number of rotatable bonds is 2. The molecule has 3 N–H and O–H groups in total. The predicted octanol–water partition coefficient (Wildman–Crippen LogP) is 2.04. The average molecular weight is 241 g/mol. The van der Waals surface area contributed by atoms with Crippen molar-refractivity contribution in [3.8, 4) is 11.6 Å². The number of fused-ring (bicyclic) bond motifs is 1. The van der Waals surface area contributed by atoms with Crippen molar-refractivity contribution in [3.63, 3.8) is 0 Å². The number of nitrogens with one attached hydrogen (secondary N) is 1. The van der Waals surface area contributed by atoms with E-state index >= 15 is 0 Å². The molecule has 0 radical (unpaired) electrons. The number of imidazole rings is 1. The molecule has 0 unspecified atom stereocenters. The first kappa shape index (κ1) is 10.5. The Bertz CT molecular complexity index is 707. The number of nitrogens with zero attached hydrogens (tertiary/aromatic N) is 3. The van der Waals surface area contributed by atoms with Crippen LogP contribution in [0.25, 0.3) is 11.2 Å². The highest BCUT2D eigenvalue weighted by Gasteiger charge is 2.10. The Kier molecular flexibility index (Phi) is 2.33. The summed E-state index contributed by atoms with van der Waals surface area (Å²) in [6.45, 7) is 1.92. The number of aromatic amines is 1. The Balaban J connectivity index is 2.06. The van der Waals surface area contributed by atoms with E-state index in [-0.39, 0.29) is 0 Å². The zero-order valence-electron chi connectivity index (χ0n) is 9.71. The van der Waals surface area contributed by atoms with Crippen molar-refractivity contribution in [2.24, 2.45) is 0 Å². The highest BCUT2D eigenvalue weighted by Crippen LogP contribution is 2.30. The van der Waals surface area contributed by atoms with Gasteiger partial charge in [0.15, 0.2) is 11.4 Å². The average Bonchev–Trinajstić information content (AvgIpc) is 2.84. The monoisotopic (exact) mass is 241 g/mol. The van der Waals surface area contributed by atoms with Gasteiger partial charge in [-0.15, -0.1) is 0 Å². The molecular weight excluding hydrogens is 230 g/mol. The number of aromatic nitrogens is 4. The molecule has 0 atom stereocenters. The fourth-order valence-electron chi connectivity index (χ4n) is 1.67. The molecule has 0 saturated heterocycles. The summed E-state index contributed by atoms with van der Waals surface area (Å²) >= 11 is 0. The quantitative estimate of drug-likeness (QED) is 0.670. The number of hydrogen-bond acceptors (Lipinski definition) is 5. The molecular formula is C12H11N5O. The maximum Gasteiger partial charge on any atom is 0.248 e. The predicted molar refractivity (Wildman–Crippen MR) is 67.3 cm³/mol. The van der Waals surface area contributed by atoms with E-state index in [1.165, 1.54) is 6.33 Å². The minimum Gasteiger partial charge on any atom is -0.435 e. The van der Waals surface area contributed by atoms with Gasteiger partial charge in [-0.1, -0.05) is 12.1 Å². The lowest BCUT2D eigenvalue weighted by molar-refractivity contribution is 0.469. The van der Waals surface area contributed by atoms with Gasteiger partial charge in [-0.2, -0.15) is 4.98 Å². The molecule has 6 heteroatoms. The van der Waals surface area contributed by atoms with Gasteiger partial charge in [0, 0.05) is 0 Å². The van der Waals surface area contributed by atoms with Crippen molar-refractivity contribution in [3.05, 3.63) is 36.4 Å². The molecule has 0 aliphatic heterocycles. The van der Waals surface area contributed by atoms with Crippen molar-refractivity contribution < 1.29 is 4.74 Å². The third-order valence-corrected chi connectivity index (χ3v) is 2.68. The number of aryl methyl sites for hydroxylation is 1. The molecule has 6 nitrogen and oxygen atoms in total. The van der Waals surface area contributed by atoms with E-state index in [1.54, 1.807) is 12.4 Å². The van der Waals surface area contributed by atoms with Crippen LogP contribution in [0.5, 0.6) is 11.6 Å². The highest BCUT2D eigenvalue weighted by atomic mass is 16.5. The number of ether oxygens (including phenoxy) is 1. The maximum atomic E-state index is 5.96. The van der Waals surface area contributed by atoms with Crippen molar-refractivity contribution in [2.45, 2.75) is 6.92 Å². The number of benzene rings is 1. The van der Waals surface area contributed by atoms with Crippen LogP contribution in [0.4, 0.5) is 5.69 Å². The van der Waals surface area contributed by atoms with Crippen molar-refractivity contribution >= 4 is 16.9 Å². The first-order chi connectivity index (χ1) is 8.75. The third kappa shape index (κ3) is 1.64. The lowest BCUT2D eigenvalue weighted by Gasteiger charge is -2.09. The molecule has 0 aliphatic carbocycles. The number of nitrogen functional groups attached to an aromatic ring is 1. The molecule has 0 spiro atoms. The minimum atomic E-state index is 0.412. The molecule has 2 heterocycles. The van der Waals surface area contributed by atoms with Gasteiger partial charge in [0.2, 0.25) is 5.88 Å². The summed E-state index contributed by atoms with van der Waals surface area (Å²) in [4.78, 5) is 15.1. The number of anilines is 1. The van der Waals surface area contributed by atoms with Crippen LogP contribution in [0.2, 0.25) is 0 Å². The Morgan fingerprint density at radius 1 is 1.22 bits per heavy atom. The summed E-state index contributed by atoms with van der Waals surface area (Å²) in [5.74, 6) is 0.986. The second kappa shape index (κ2) is 3.99. The topological polar surface area (TPSA) is 89.7 Å². The molecule has 0 bridgehead atoms. The normalized spacial score (nSPS) is 10.7. The van der Waals surface area contributed by atoms with Crippen LogP contribution in [-0.4, -0.2) is 19.9 Å². The molecule has 3 rings (SSSR count). The van der Waals surface area contributed by atoms with Gasteiger partial charge in [0.05, 0.1) is 12.0 Å². The van der Waals surface area contributed by atoms with Crippen LogP contribution in [0.15, 0.2) is 30.9 Å². The zero-order valence-corrected chi connectivity index (χ0v) is 9.71. The van der Waals surface area contributed by atoms with Gasteiger partial charge in [-0.25, -0.2) is 9.97 Å². The molecule has 3 aromatic rings. The lowest BCUT2D eigenvalue weighted by atomic mass is 10.2. The van der Waals surface area contributed by atoms with Crippen LogP contribution in [0.1, 0.15) is 5.56 Å². The summed E-state index contributed by atoms with van der Waals surface area (Å²) < 4.78 is 5.71. The molecule has 2 aromatic heterocycles. The van der Waals surface area contributed by atoms with Crippen molar-refractivity contribution in [2.75, 3.05) is 5.73 Å². The Morgan fingerprint density at radius 3 is 3.00 bits per heavy atom. The van der Waals surface area contributed by atoms with Gasteiger partial charge in [0.1, 0.15) is 11.8 Å². The van der Waals surface area contributed by atoms with E-state index in [0.717, 1.165) is 5.56 Å². The first-order valence-electron chi connectivity index (χ1n) is 5.43.